The Morgan fingerprint density at radius 1 is 1.11 bits per heavy atom. The molecule has 0 spiro atoms. The van der Waals surface area contributed by atoms with Gasteiger partial charge >= 0.3 is 0 Å². The maximum absolute atomic E-state index is 14.4. The standard InChI is InChI=1S/C36H48N2O7/c1-44-29-14-25(19-40)13-26-31-27(35(43)37-8-9-39)15-28(32(42)34(31)45-33(26)29)38(30(41)7-6-21-4-2-3-5-21)20-36-16-22-10-23(17-36)12-24(11-22)18-36/h13-15,19,21-24,28,31-32,34,39,42H,2-12,16-18,20H2,1H3,(H,37,43). The molecule has 4 unspecified atom stereocenters. The molecule has 0 aromatic heterocycles. The molecule has 6 aliphatic carbocycles. The summed E-state index contributed by atoms with van der Waals surface area (Å²) in [5, 5.41) is 24.4. The Hall–Kier alpha value is -2.91. The first-order chi connectivity index (χ1) is 21.8. The minimum atomic E-state index is -1.09. The Morgan fingerprint density at radius 3 is 2.42 bits per heavy atom. The first kappa shape index (κ1) is 30.7. The lowest BCUT2D eigenvalue weighted by Crippen LogP contribution is -2.59. The predicted octanol–water partition coefficient (Wildman–Crippen LogP) is 4.15. The van der Waals surface area contributed by atoms with Crippen LogP contribution in [-0.2, 0) is 9.59 Å². The Balaban J connectivity index is 1.26. The Morgan fingerprint density at radius 2 is 1.80 bits per heavy atom. The summed E-state index contributed by atoms with van der Waals surface area (Å²) < 4.78 is 12.0. The molecule has 2 amide bonds. The van der Waals surface area contributed by atoms with Crippen molar-refractivity contribution in [3.8, 4) is 11.5 Å². The van der Waals surface area contributed by atoms with Crippen LogP contribution in [0, 0.1) is 29.1 Å². The van der Waals surface area contributed by atoms with Gasteiger partial charge in [-0.2, -0.15) is 0 Å². The largest absolute Gasteiger partial charge is 0.493 e. The van der Waals surface area contributed by atoms with Crippen molar-refractivity contribution < 1.29 is 34.1 Å². The molecule has 7 aliphatic rings. The molecule has 3 N–H and O–H groups in total. The van der Waals surface area contributed by atoms with Gasteiger partial charge in [0, 0.05) is 36.2 Å². The van der Waals surface area contributed by atoms with E-state index in [0.29, 0.717) is 47.1 Å². The fraction of sp³-hybridized carbons (Fsp3) is 0.694. The van der Waals surface area contributed by atoms with Crippen LogP contribution in [0.25, 0.3) is 0 Å². The van der Waals surface area contributed by atoms with E-state index in [-0.39, 0.29) is 30.4 Å². The Kier molecular flexibility index (Phi) is 8.44. The molecule has 244 valence electrons. The van der Waals surface area contributed by atoms with Crippen LogP contribution in [0.3, 0.4) is 0 Å². The van der Waals surface area contributed by atoms with Crippen molar-refractivity contribution >= 4 is 18.1 Å². The van der Waals surface area contributed by atoms with Crippen LogP contribution in [0.1, 0.15) is 98.9 Å². The van der Waals surface area contributed by atoms with Gasteiger partial charge in [0.15, 0.2) is 11.5 Å². The number of nitrogens with zero attached hydrogens (tertiary/aromatic N) is 1. The van der Waals surface area contributed by atoms with Crippen molar-refractivity contribution in [2.75, 3.05) is 26.8 Å². The number of aliphatic hydroxyl groups excluding tert-OH is 2. The van der Waals surface area contributed by atoms with E-state index >= 15 is 0 Å². The van der Waals surface area contributed by atoms with Gasteiger partial charge in [0.1, 0.15) is 18.5 Å². The predicted molar refractivity (Wildman–Crippen MR) is 167 cm³/mol. The fourth-order valence-electron chi connectivity index (χ4n) is 10.5. The number of benzene rings is 1. The number of methoxy groups -OCH3 is 1. The first-order valence-corrected chi connectivity index (χ1v) is 17.2. The van der Waals surface area contributed by atoms with Crippen LogP contribution in [0.4, 0.5) is 0 Å². The molecule has 9 nitrogen and oxygen atoms in total. The lowest BCUT2D eigenvalue weighted by molar-refractivity contribution is -0.145. The van der Waals surface area contributed by atoms with Crippen LogP contribution >= 0.6 is 0 Å². The average molecular weight is 621 g/mol. The molecule has 9 heteroatoms. The lowest BCUT2D eigenvalue weighted by atomic mass is 9.49. The summed E-state index contributed by atoms with van der Waals surface area (Å²) in [6, 6.07) is 2.54. The SMILES string of the molecule is COc1cc(C=O)cc2c1OC1C2C(C(=O)NCCO)=CC(N(CC23CC4CC(CC(C4)C2)C3)C(=O)CCC2CCCC2)C1O. The van der Waals surface area contributed by atoms with Crippen molar-refractivity contribution in [2.24, 2.45) is 29.1 Å². The third kappa shape index (κ3) is 5.69. The van der Waals surface area contributed by atoms with Crippen molar-refractivity contribution in [2.45, 2.75) is 101 Å². The van der Waals surface area contributed by atoms with Gasteiger partial charge in [0.25, 0.3) is 0 Å². The highest BCUT2D eigenvalue weighted by Gasteiger charge is 2.55. The van der Waals surface area contributed by atoms with Crippen molar-refractivity contribution in [1.29, 1.82) is 0 Å². The van der Waals surface area contributed by atoms with Gasteiger partial charge < -0.3 is 29.9 Å². The van der Waals surface area contributed by atoms with Gasteiger partial charge in [-0.05, 0) is 92.2 Å². The molecular weight excluding hydrogens is 572 g/mol. The van der Waals surface area contributed by atoms with Crippen LogP contribution < -0.4 is 14.8 Å². The molecule has 1 heterocycles. The molecule has 5 fully saturated rings. The molecular formula is C36H48N2O7. The number of ether oxygens (including phenoxy) is 2. The van der Waals surface area contributed by atoms with Gasteiger partial charge in [-0.25, -0.2) is 0 Å². The van der Waals surface area contributed by atoms with Crippen LogP contribution in [0.5, 0.6) is 11.5 Å². The number of carbonyl (C=O) groups is 3. The van der Waals surface area contributed by atoms with Crippen molar-refractivity contribution in [3.63, 3.8) is 0 Å². The van der Waals surface area contributed by atoms with E-state index in [2.05, 4.69) is 5.32 Å². The highest BCUT2D eigenvalue weighted by Crippen LogP contribution is 2.60. The van der Waals surface area contributed by atoms with E-state index in [1.807, 2.05) is 4.90 Å². The van der Waals surface area contributed by atoms with Gasteiger partial charge in [-0.15, -0.1) is 0 Å². The summed E-state index contributed by atoms with van der Waals surface area (Å²) >= 11 is 0. The zero-order chi connectivity index (χ0) is 31.3. The molecule has 0 saturated heterocycles. The average Bonchev–Trinajstić information content (AvgIpc) is 3.69. The summed E-state index contributed by atoms with van der Waals surface area (Å²) in [6.07, 6.45) is 13.9. The molecule has 0 radical (unpaired) electrons. The van der Waals surface area contributed by atoms with Gasteiger partial charge in [-0.3, -0.25) is 14.4 Å². The van der Waals surface area contributed by atoms with Crippen molar-refractivity contribution in [3.05, 3.63) is 34.9 Å². The second-order valence-electron chi connectivity index (χ2n) is 15.0. The third-order valence-electron chi connectivity index (χ3n) is 12.0. The zero-order valence-corrected chi connectivity index (χ0v) is 26.4. The first-order valence-electron chi connectivity index (χ1n) is 17.2. The normalized spacial score (nSPS) is 34.5. The van der Waals surface area contributed by atoms with E-state index < -0.39 is 24.2 Å². The van der Waals surface area contributed by atoms with E-state index in [1.165, 1.54) is 52.1 Å². The van der Waals surface area contributed by atoms with E-state index in [4.69, 9.17) is 9.47 Å². The van der Waals surface area contributed by atoms with Crippen LogP contribution in [0.2, 0.25) is 0 Å². The number of fused-ring (bicyclic) bond motifs is 3. The number of carbonyl (C=O) groups excluding carboxylic acids is 3. The number of aliphatic hydroxyl groups is 2. The summed E-state index contributed by atoms with van der Waals surface area (Å²) in [7, 11) is 1.50. The van der Waals surface area contributed by atoms with Crippen molar-refractivity contribution in [1.82, 2.24) is 10.2 Å². The summed E-state index contributed by atoms with van der Waals surface area (Å²) in [5.74, 6) is 2.49. The molecule has 5 saturated carbocycles. The van der Waals surface area contributed by atoms with Gasteiger partial charge in [0.05, 0.1) is 25.7 Å². The highest BCUT2D eigenvalue weighted by molar-refractivity contribution is 5.96. The lowest BCUT2D eigenvalue weighted by Gasteiger charge is -2.58. The Bertz CT molecular complexity index is 1320. The molecule has 1 aromatic carbocycles. The minimum Gasteiger partial charge on any atom is -0.493 e. The Labute approximate surface area is 265 Å². The van der Waals surface area contributed by atoms with Gasteiger partial charge in [0.2, 0.25) is 11.8 Å². The van der Waals surface area contributed by atoms with Crippen LogP contribution in [0.15, 0.2) is 23.8 Å². The van der Waals surface area contributed by atoms with Crippen LogP contribution in [-0.4, -0.2) is 78.3 Å². The minimum absolute atomic E-state index is 0.0443. The second-order valence-corrected chi connectivity index (χ2v) is 15.0. The highest BCUT2D eigenvalue weighted by atomic mass is 16.5. The third-order valence-corrected chi connectivity index (χ3v) is 12.0. The number of aldehydes is 1. The topological polar surface area (TPSA) is 125 Å². The summed E-state index contributed by atoms with van der Waals surface area (Å²) in [6.45, 7) is 0.448. The molecule has 8 rings (SSSR count). The second kappa shape index (κ2) is 12.4. The van der Waals surface area contributed by atoms with E-state index in [1.54, 1.807) is 18.2 Å². The van der Waals surface area contributed by atoms with E-state index in [9.17, 15) is 24.6 Å². The number of hydrogen-bond acceptors (Lipinski definition) is 7. The molecule has 4 bridgehead atoms. The summed E-state index contributed by atoms with van der Waals surface area (Å²) in [4.78, 5) is 41.8. The van der Waals surface area contributed by atoms with Gasteiger partial charge in [-0.1, -0.05) is 25.7 Å². The number of hydrogen-bond donors (Lipinski definition) is 3. The van der Waals surface area contributed by atoms with E-state index in [0.717, 1.165) is 49.7 Å². The summed E-state index contributed by atoms with van der Waals surface area (Å²) in [5.41, 5.74) is 1.41. The molecule has 1 aromatic rings. The number of rotatable bonds is 11. The zero-order valence-electron chi connectivity index (χ0n) is 26.4. The molecule has 1 aliphatic heterocycles. The quantitative estimate of drug-likeness (QED) is 0.318. The maximum Gasteiger partial charge on any atom is 0.247 e. The smallest absolute Gasteiger partial charge is 0.247 e. The number of nitrogens with one attached hydrogen (secondary N) is 1. The number of amides is 2. The molecule has 4 atom stereocenters. The maximum atomic E-state index is 14.4. The fourth-order valence-corrected chi connectivity index (χ4v) is 10.5. The monoisotopic (exact) mass is 620 g/mol. The molecule has 45 heavy (non-hydrogen) atoms.